The van der Waals surface area contributed by atoms with E-state index in [0.29, 0.717) is 0 Å². The van der Waals surface area contributed by atoms with Crippen molar-refractivity contribution in [2.45, 2.75) is 51.9 Å². The molecule has 0 bridgehead atoms. The molecule has 3 rings (SSSR count). The molecule has 2 heteroatoms. The minimum atomic E-state index is 0.947. The quantitative estimate of drug-likeness (QED) is 0.748. The number of hydrogen-bond donors (Lipinski definition) is 0. The second kappa shape index (κ2) is 7.53. The summed E-state index contributed by atoms with van der Waals surface area (Å²) in [6.45, 7) is 2.34. The Morgan fingerprint density at radius 2 is 1.68 bits per heavy atom. The van der Waals surface area contributed by atoms with Gasteiger partial charge in [0.2, 0.25) is 0 Å². The van der Waals surface area contributed by atoms with Crippen LogP contribution in [0.3, 0.4) is 0 Å². The number of benzene rings is 1. The summed E-state index contributed by atoms with van der Waals surface area (Å²) >= 11 is 0. The molecule has 0 unspecified atom stereocenters. The monoisotopic (exact) mass is 294 g/mol. The zero-order chi connectivity index (χ0) is 15.2. The maximum absolute atomic E-state index is 4.16. The first-order valence-electron chi connectivity index (χ1n) is 8.72. The van der Waals surface area contributed by atoms with Gasteiger partial charge in [-0.3, -0.25) is 0 Å². The Kier molecular flexibility index (Phi) is 5.20. The molecule has 1 aromatic heterocycles. The lowest BCUT2D eigenvalue weighted by Gasteiger charge is -2.27. The summed E-state index contributed by atoms with van der Waals surface area (Å²) in [6, 6.07) is 12.8. The van der Waals surface area contributed by atoms with Gasteiger partial charge in [-0.2, -0.15) is 10.2 Å². The van der Waals surface area contributed by atoms with Gasteiger partial charge in [0.15, 0.2) is 0 Å². The zero-order valence-electron chi connectivity index (χ0n) is 13.5. The van der Waals surface area contributed by atoms with Crippen molar-refractivity contribution in [1.29, 1.82) is 0 Å². The lowest BCUT2D eigenvalue weighted by molar-refractivity contribution is 0.259. The van der Waals surface area contributed by atoms with E-state index in [1.807, 2.05) is 12.1 Å². The van der Waals surface area contributed by atoms with Gasteiger partial charge >= 0.3 is 0 Å². The molecule has 0 atom stereocenters. The molecule has 0 aliphatic heterocycles. The fourth-order valence-electron chi connectivity index (χ4n) is 3.60. The highest BCUT2D eigenvalue weighted by Crippen LogP contribution is 2.33. The number of nitrogens with zero attached hydrogens (tertiary/aromatic N) is 2. The van der Waals surface area contributed by atoms with Crippen molar-refractivity contribution < 1.29 is 0 Å². The molecule has 2 aromatic rings. The average Bonchev–Trinajstić information content (AvgIpc) is 2.61. The standard InChI is InChI=1S/C20H26N2/c1-2-16-5-7-17(8-6-16)9-10-18-11-13-19(14-12-18)20-4-3-15-21-22-20/h3-4,11-17H,2,5-10H2,1H3. The van der Waals surface area contributed by atoms with Crippen molar-refractivity contribution in [2.75, 3.05) is 0 Å². The van der Waals surface area contributed by atoms with Crippen LogP contribution in [0.1, 0.15) is 51.0 Å². The van der Waals surface area contributed by atoms with Crippen molar-refractivity contribution >= 4 is 0 Å². The highest BCUT2D eigenvalue weighted by Gasteiger charge is 2.19. The molecule has 2 nitrogen and oxygen atoms in total. The van der Waals surface area contributed by atoms with Gasteiger partial charge in [-0.15, -0.1) is 0 Å². The SMILES string of the molecule is CCC1CCC(CCc2ccc(-c3cccnn3)cc2)CC1. The van der Waals surface area contributed by atoms with E-state index >= 15 is 0 Å². The molecular formula is C20H26N2. The van der Waals surface area contributed by atoms with E-state index in [-0.39, 0.29) is 0 Å². The first-order chi connectivity index (χ1) is 10.8. The third-order valence-electron chi connectivity index (χ3n) is 5.21. The van der Waals surface area contributed by atoms with Crippen molar-refractivity contribution in [1.82, 2.24) is 10.2 Å². The largest absolute Gasteiger partial charge is 0.159 e. The highest BCUT2D eigenvalue weighted by atomic mass is 15.1. The topological polar surface area (TPSA) is 25.8 Å². The maximum Gasteiger partial charge on any atom is 0.0929 e. The Morgan fingerprint density at radius 3 is 2.32 bits per heavy atom. The molecule has 1 aliphatic rings. The zero-order valence-corrected chi connectivity index (χ0v) is 13.5. The van der Waals surface area contributed by atoms with Crippen molar-refractivity contribution in [2.24, 2.45) is 11.8 Å². The van der Waals surface area contributed by atoms with Crippen LogP contribution in [0.15, 0.2) is 42.6 Å². The summed E-state index contributed by atoms with van der Waals surface area (Å²) in [4.78, 5) is 0. The molecule has 22 heavy (non-hydrogen) atoms. The van der Waals surface area contributed by atoms with Crippen LogP contribution >= 0.6 is 0 Å². The smallest absolute Gasteiger partial charge is 0.0929 e. The summed E-state index contributed by atoms with van der Waals surface area (Å²) in [5.41, 5.74) is 3.55. The van der Waals surface area contributed by atoms with Crippen molar-refractivity contribution in [3.63, 3.8) is 0 Å². The fourth-order valence-corrected chi connectivity index (χ4v) is 3.60. The van der Waals surface area contributed by atoms with E-state index in [4.69, 9.17) is 0 Å². The van der Waals surface area contributed by atoms with E-state index in [1.165, 1.54) is 50.5 Å². The molecule has 1 fully saturated rings. The number of rotatable bonds is 5. The third kappa shape index (κ3) is 3.94. The molecule has 0 radical (unpaired) electrons. The molecular weight excluding hydrogens is 268 g/mol. The van der Waals surface area contributed by atoms with Crippen LogP contribution in [0.4, 0.5) is 0 Å². The Balaban J connectivity index is 1.52. The van der Waals surface area contributed by atoms with Crippen LogP contribution in [0.2, 0.25) is 0 Å². The Hall–Kier alpha value is -1.70. The number of aromatic nitrogens is 2. The summed E-state index contributed by atoms with van der Waals surface area (Å²) in [6.07, 6.45) is 11.4. The molecule has 0 amide bonds. The molecule has 1 heterocycles. The lowest BCUT2D eigenvalue weighted by Crippen LogP contribution is -2.14. The summed E-state index contributed by atoms with van der Waals surface area (Å²) in [5, 5.41) is 8.11. The van der Waals surface area contributed by atoms with Gasteiger partial charge in [0.1, 0.15) is 0 Å². The van der Waals surface area contributed by atoms with Crippen LogP contribution in [0.5, 0.6) is 0 Å². The molecule has 1 saturated carbocycles. The van der Waals surface area contributed by atoms with Gasteiger partial charge < -0.3 is 0 Å². The van der Waals surface area contributed by atoms with Gasteiger partial charge in [0.05, 0.1) is 5.69 Å². The molecule has 1 aliphatic carbocycles. The van der Waals surface area contributed by atoms with Gasteiger partial charge in [-0.05, 0) is 42.4 Å². The maximum atomic E-state index is 4.16. The van der Waals surface area contributed by atoms with Gasteiger partial charge in [-0.1, -0.05) is 63.3 Å². The predicted octanol–water partition coefficient (Wildman–Crippen LogP) is 5.29. The number of hydrogen-bond acceptors (Lipinski definition) is 2. The van der Waals surface area contributed by atoms with E-state index in [0.717, 1.165) is 23.1 Å². The van der Waals surface area contributed by atoms with E-state index in [2.05, 4.69) is 41.4 Å². The van der Waals surface area contributed by atoms with Crippen LogP contribution in [-0.2, 0) is 6.42 Å². The lowest BCUT2D eigenvalue weighted by atomic mass is 9.78. The normalized spacial score (nSPS) is 21.7. The second-order valence-electron chi connectivity index (χ2n) is 6.64. The molecule has 116 valence electrons. The van der Waals surface area contributed by atoms with Crippen LogP contribution in [0, 0.1) is 11.8 Å². The van der Waals surface area contributed by atoms with Crippen LogP contribution < -0.4 is 0 Å². The second-order valence-corrected chi connectivity index (χ2v) is 6.64. The van der Waals surface area contributed by atoms with E-state index in [1.54, 1.807) is 6.20 Å². The Bertz CT molecular complexity index is 554. The number of aryl methyl sites for hydroxylation is 1. The van der Waals surface area contributed by atoms with E-state index < -0.39 is 0 Å². The molecule has 0 N–H and O–H groups in total. The van der Waals surface area contributed by atoms with Crippen molar-refractivity contribution in [3.05, 3.63) is 48.2 Å². The summed E-state index contributed by atoms with van der Waals surface area (Å²) in [7, 11) is 0. The summed E-state index contributed by atoms with van der Waals surface area (Å²) in [5.74, 6) is 1.95. The minimum absolute atomic E-state index is 0.947. The molecule has 1 aromatic carbocycles. The molecule has 0 spiro atoms. The third-order valence-corrected chi connectivity index (χ3v) is 5.21. The van der Waals surface area contributed by atoms with Crippen LogP contribution in [0.25, 0.3) is 11.3 Å². The average molecular weight is 294 g/mol. The predicted molar refractivity (Wildman–Crippen MR) is 91.5 cm³/mol. The molecule has 0 saturated heterocycles. The fraction of sp³-hybridized carbons (Fsp3) is 0.500. The van der Waals surface area contributed by atoms with Crippen molar-refractivity contribution in [3.8, 4) is 11.3 Å². The Morgan fingerprint density at radius 1 is 0.955 bits per heavy atom. The minimum Gasteiger partial charge on any atom is -0.159 e. The van der Waals surface area contributed by atoms with Gasteiger partial charge in [0.25, 0.3) is 0 Å². The highest BCUT2D eigenvalue weighted by molar-refractivity contribution is 5.58. The van der Waals surface area contributed by atoms with Gasteiger partial charge in [0, 0.05) is 11.8 Å². The summed E-state index contributed by atoms with van der Waals surface area (Å²) < 4.78 is 0. The van der Waals surface area contributed by atoms with Gasteiger partial charge in [-0.25, -0.2) is 0 Å². The van der Waals surface area contributed by atoms with Crippen LogP contribution in [-0.4, -0.2) is 10.2 Å². The Labute approximate surface area is 134 Å². The first-order valence-corrected chi connectivity index (χ1v) is 8.72. The van der Waals surface area contributed by atoms with E-state index in [9.17, 15) is 0 Å². The first kappa shape index (κ1) is 15.2.